The zero-order valence-electron chi connectivity index (χ0n) is 22.2. The van der Waals surface area contributed by atoms with Crippen molar-refractivity contribution in [3.8, 4) is 11.4 Å². The van der Waals surface area contributed by atoms with E-state index in [1.54, 1.807) is 0 Å². The fraction of sp³-hybridized carbons (Fsp3) is 0.710. The topological polar surface area (TPSA) is 8.81 Å². The van der Waals surface area contributed by atoms with Gasteiger partial charge in [-0.05, 0) is 38.8 Å². The summed E-state index contributed by atoms with van der Waals surface area (Å²) in [6.07, 6.45) is 28.8. The van der Waals surface area contributed by atoms with Gasteiger partial charge >= 0.3 is 0 Å². The van der Waals surface area contributed by atoms with Crippen LogP contribution in [0, 0.1) is 0 Å². The Hall–Kier alpha value is -1.57. The van der Waals surface area contributed by atoms with Crippen LogP contribution in [0.5, 0.6) is 0 Å². The molecule has 0 fully saturated rings. The van der Waals surface area contributed by atoms with Gasteiger partial charge in [-0.15, -0.1) is 0 Å². The van der Waals surface area contributed by atoms with Crippen LogP contribution in [0.2, 0.25) is 0 Å². The Morgan fingerprint density at radius 1 is 0.636 bits per heavy atom. The molecule has 0 saturated carbocycles. The Kier molecular flexibility index (Phi) is 15.0. The van der Waals surface area contributed by atoms with Crippen molar-refractivity contribution in [3.63, 3.8) is 0 Å². The molecule has 2 rings (SSSR count). The van der Waals surface area contributed by atoms with Crippen LogP contribution in [0.4, 0.5) is 0 Å². The van der Waals surface area contributed by atoms with Gasteiger partial charge in [0, 0.05) is 0 Å². The Labute approximate surface area is 205 Å². The molecule has 0 spiro atoms. The highest BCUT2D eigenvalue weighted by molar-refractivity contribution is 5.52. The van der Waals surface area contributed by atoms with Gasteiger partial charge in [0.15, 0.2) is 0 Å². The summed E-state index contributed by atoms with van der Waals surface area (Å²) in [7, 11) is 0. The van der Waals surface area contributed by atoms with Gasteiger partial charge in [0.05, 0.1) is 18.2 Å². The molecule has 0 saturated heterocycles. The van der Waals surface area contributed by atoms with E-state index in [-0.39, 0.29) is 0 Å². The molecule has 0 aliphatic rings. The first kappa shape index (κ1) is 27.7. The summed E-state index contributed by atoms with van der Waals surface area (Å²) >= 11 is 0. The quantitative estimate of drug-likeness (QED) is 0.139. The van der Waals surface area contributed by atoms with Crippen molar-refractivity contribution in [1.82, 2.24) is 4.57 Å². The lowest BCUT2D eigenvalue weighted by atomic mass is 10.0. The highest BCUT2D eigenvalue weighted by Gasteiger charge is 2.20. The Balaban J connectivity index is 1.48. The molecule has 1 aromatic heterocycles. The SMILES string of the molecule is CCCCCCCCCCCCCCCCCCC[n+]1ccn(C(C)C)c1-c1ccccc1. The number of aromatic nitrogens is 2. The average molecular weight is 454 g/mol. The van der Waals surface area contributed by atoms with Crippen LogP contribution in [0.1, 0.15) is 136 Å². The minimum atomic E-state index is 0.483. The molecule has 2 aromatic rings. The van der Waals surface area contributed by atoms with E-state index in [9.17, 15) is 0 Å². The van der Waals surface area contributed by atoms with E-state index in [4.69, 9.17) is 0 Å². The lowest BCUT2D eigenvalue weighted by Crippen LogP contribution is -2.35. The van der Waals surface area contributed by atoms with Crippen LogP contribution in [-0.2, 0) is 6.54 Å². The molecule has 0 N–H and O–H groups in total. The molecular formula is C31H53N2+. The second kappa shape index (κ2) is 17.8. The molecule has 186 valence electrons. The van der Waals surface area contributed by atoms with Crippen molar-refractivity contribution in [2.45, 2.75) is 143 Å². The van der Waals surface area contributed by atoms with Gasteiger partial charge in [0.2, 0.25) is 0 Å². The molecule has 0 unspecified atom stereocenters. The van der Waals surface area contributed by atoms with Crippen molar-refractivity contribution < 1.29 is 4.57 Å². The number of unbranched alkanes of at least 4 members (excludes halogenated alkanes) is 16. The Bertz CT molecular complexity index is 701. The first-order valence-corrected chi connectivity index (χ1v) is 14.4. The molecule has 2 heteroatoms. The predicted molar refractivity (Wildman–Crippen MR) is 145 cm³/mol. The number of hydrogen-bond donors (Lipinski definition) is 0. The molecule has 0 aliphatic heterocycles. The van der Waals surface area contributed by atoms with E-state index in [1.165, 1.54) is 121 Å². The van der Waals surface area contributed by atoms with E-state index < -0.39 is 0 Å². The largest absolute Gasteiger partial charge is 0.289 e. The first-order valence-electron chi connectivity index (χ1n) is 14.4. The van der Waals surface area contributed by atoms with Crippen molar-refractivity contribution in [3.05, 3.63) is 42.7 Å². The van der Waals surface area contributed by atoms with Crippen LogP contribution < -0.4 is 4.57 Å². The third-order valence-corrected chi connectivity index (χ3v) is 7.01. The second-order valence-electron chi connectivity index (χ2n) is 10.3. The number of benzene rings is 1. The molecule has 1 heterocycles. The van der Waals surface area contributed by atoms with Crippen LogP contribution in [0.15, 0.2) is 42.7 Å². The standard InChI is InChI=1S/C31H53N2/c1-4-5-6-7-8-9-10-11-12-13-14-15-16-17-18-19-23-26-32-27-28-33(29(2)3)31(32)30-24-21-20-22-25-30/h20-22,24-25,27-29H,4-19,23,26H2,1-3H3/q+1. The zero-order valence-corrected chi connectivity index (χ0v) is 22.2. The Morgan fingerprint density at radius 3 is 1.55 bits per heavy atom. The third-order valence-electron chi connectivity index (χ3n) is 7.01. The van der Waals surface area contributed by atoms with Crippen LogP contribution in [-0.4, -0.2) is 4.57 Å². The molecule has 0 aliphatic carbocycles. The van der Waals surface area contributed by atoms with E-state index in [1.807, 2.05) is 0 Å². The maximum Gasteiger partial charge on any atom is 0.289 e. The number of aryl methyl sites for hydroxylation is 1. The summed E-state index contributed by atoms with van der Waals surface area (Å²) in [5, 5.41) is 0. The minimum absolute atomic E-state index is 0.483. The number of hydrogen-bond acceptors (Lipinski definition) is 0. The van der Waals surface area contributed by atoms with Crippen LogP contribution in [0.3, 0.4) is 0 Å². The van der Waals surface area contributed by atoms with Crippen LogP contribution >= 0.6 is 0 Å². The number of imidazole rings is 1. The molecule has 1 aromatic carbocycles. The molecule has 0 atom stereocenters. The van der Waals surface area contributed by atoms with Crippen molar-refractivity contribution >= 4 is 0 Å². The highest BCUT2D eigenvalue weighted by Crippen LogP contribution is 2.20. The maximum absolute atomic E-state index is 2.46. The highest BCUT2D eigenvalue weighted by atomic mass is 15.2. The summed E-state index contributed by atoms with van der Waals surface area (Å²) in [6.45, 7) is 7.97. The van der Waals surface area contributed by atoms with Crippen LogP contribution in [0.25, 0.3) is 11.4 Å². The molecule has 0 bridgehead atoms. The summed E-state index contributed by atoms with van der Waals surface area (Å²) in [4.78, 5) is 0. The minimum Gasteiger partial charge on any atom is -0.230 e. The lowest BCUT2D eigenvalue weighted by molar-refractivity contribution is -0.686. The van der Waals surface area contributed by atoms with E-state index in [0.29, 0.717) is 6.04 Å². The monoisotopic (exact) mass is 453 g/mol. The van der Waals surface area contributed by atoms with Gasteiger partial charge in [-0.3, -0.25) is 0 Å². The van der Waals surface area contributed by atoms with E-state index in [0.717, 1.165) is 6.54 Å². The first-order chi connectivity index (χ1) is 16.2. The average Bonchev–Trinajstić information content (AvgIpc) is 3.26. The molecule has 0 radical (unpaired) electrons. The van der Waals surface area contributed by atoms with E-state index in [2.05, 4.69) is 72.6 Å². The van der Waals surface area contributed by atoms with Gasteiger partial charge < -0.3 is 0 Å². The predicted octanol–water partition coefficient (Wildman–Crippen LogP) is 9.68. The van der Waals surface area contributed by atoms with Gasteiger partial charge in [-0.25, -0.2) is 9.13 Å². The van der Waals surface area contributed by atoms with Crippen molar-refractivity contribution in [1.29, 1.82) is 0 Å². The summed E-state index contributed by atoms with van der Waals surface area (Å²) in [5.74, 6) is 1.35. The zero-order chi connectivity index (χ0) is 23.6. The summed E-state index contributed by atoms with van der Waals surface area (Å²) < 4.78 is 4.86. The maximum atomic E-state index is 2.46. The van der Waals surface area contributed by atoms with Gasteiger partial charge in [-0.2, -0.15) is 0 Å². The molecule has 2 nitrogen and oxygen atoms in total. The van der Waals surface area contributed by atoms with Gasteiger partial charge in [0.25, 0.3) is 5.82 Å². The molecular weight excluding hydrogens is 400 g/mol. The fourth-order valence-electron chi connectivity index (χ4n) is 4.95. The lowest BCUT2D eigenvalue weighted by Gasteiger charge is -2.08. The third kappa shape index (κ3) is 11.4. The fourth-order valence-corrected chi connectivity index (χ4v) is 4.95. The molecule has 0 amide bonds. The normalized spacial score (nSPS) is 11.5. The van der Waals surface area contributed by atoms with Gasteiger partial charge in [0.1, 0.15) is 12.4 Å². The number of nitrogens with zero attached hydrogens (tertiary/aromatic N) is 2. The summed E-state index contributed by atoms with van der Waals surface area (Å²) in [6, 6.07) is 11.3. The van der Waals surface area contributed by atoms with Crippen molar-refractivity contribution in [2.24, 2.45) is 0 Å². The second-order valence-corrected chi connectivity index (χ2v) is 10.3. The Morgan fingerprint density at radius 2 is 1.09 bits per heavy atom. The van der Waals surface area contributed by atoms with Crippen molar-refractivity contribution in [2.75, 3.05) is 0 Å². The van der Waals surface area contributed by atoms with E-state index >= 15 is 0 Å². The van der Waals surface area contributed by atoms with Gasteiger partial charge in [-0.1, -0.05) is 121 Å². The molecule has 33 heavy (non-hydrogen) atoms. The smallest absolute Gasteiger partial charge is 0.230 e. The summed E-state index contributed by atoms with van der Waals surface area (Å²) in [5.41, 5.74) is 1.32. The number of rotatable bonds is 20.